The van der Waals surface area contributed by atoms with Crippen molar-refractivity contribution in [1.29, 1.82) is 0 Å². The van der Waals surface area contributed by atoms with Crippen LogP contribution in [0, 0.1) is 29.7 Å². The maximum Gasteiger partial charge on any atom is 0 e. The maximum atomic E-state index is 0. The third kappa shape index (κ3) is 71.5. The molecule has 0 spiro atoms. The summed E-state index contributed by atoms with van der Waals surface area (Å²) < 4.78 is 0. The van der Waals surface area contributed by atoms with Crippen molar-refractivity contribution in [1.82, 2.24) is 0 Å². The Bertz CT molecular complexity index is 3.61. The standard InChI is InChI=1S/4CH3.W/h4*1H3;/q4*-1;. The van der Waals surface area contributed by atoms with Gasteiger partial charge >= 0.3 is 0 Å². The first-order chi connectivity index (χ1) is 0. The van der Waals surface area contributed by atoms with E-state index in [1.54, 1.807) is 0 Å². The summed E-state index contributed by atoms with van der Waals surface area (Å²) in [5.74, 6) is 0. The van der Waals surface area contributed by atoms with E-state index in [1.165, 1.54) is 0 Å². The largest absolute Gasteiger partial charge is 0.358 e. The van der Waals surface area contributed by atoms with E-state index < -0.39 is 0 Å². The van der Waals surface area contributed by atoms with Gasteiger partial charge in [-0.25, -0.2) is 0 Å². The Kier molecular flexibility index (Phi) is 7110. The van der Waals surface area contributed by atoms with Crippen LogP contribution in [0.1, 0.15) is 0 Å². The average molecular weight is 244 g/mol. The Hall–Kier alpha value is 0.688. The fraction of sp³-hybridized carbons (Fsp3) is 0. The number of hydrogen-bond donors (Lipinski definition) is 0. The molecule has 5 heavy (non-hydrogen) atoms. The number of rotatable bonds is 0. The quantitative estimate of drug-likeness (QED) is 0.570. The van der Waals surface area contributed by atoms with Gasteiger partial charge in [0.2, 0.25) is 0 Å². The van der Waals surface area contributed by atoms with Gasteiger partial charge in [0.05, 0.1) is 0 Å². The van der Waals surface area contributed by atoms with Gasteiger partial charge in [-0.1, -0.05) is 0 Å². The van der Waals surface area contributed by atoms with Gasteiger partial charge in [0.1, 0.15) is 0 Å². The van der Waals surface area contributed by atoms with Crippen molar-refractivity contribution in [2.24, 2.45) is 0 Å². The van der Waals surface area contributed by atoms with Crippen LogP contribution in [0.15, 0.2) is 0 Å². The van der Waals surface area contributed by atoms with Crippen molar-refractivity contribution >= 4 is 0 Å². The van der Waals surface area contributed by atoms with Crippen LogP contribution in [0.25, 0.3) is 0 Å². The van der Waals surface area contributed by atoms with Crippen molar-refractivity contribution in [3.8, 4) is 0 Å². The molecule has 0 aromatic rings. The minimum Gasteiger partial charge on any atom is -0.358 e. The second-order valence-electron chi connectivity index (χ2n) is 0. The topological polar surface area (TPSA) is 0 Å². The van der Waals surface area contributed by atoms with Crippen LogP contribution in [-0.2, 0) is 21.1 Å². The molecule has 0 aliphatic heterocycles. The minimum absolute atomic E-state index is 0. The van der Waals surface area contributed by atoms with Crippen molar-refractivity contribution in [2.75, 3.05) is 0 Å². The van der Waals surface area contributed by atoms with E-state index in [2.05, 4.69) is 0 Å². The Labute approximate surface area is 51.2 Å². The molecule has 0 aromatic carbocycles. The van der Waals surface area contributed by atoms with E-state index in [9.17, 15) is 0 Å². The molecule has 0 bridgehead atoms. The van der Waals surface area contributed by atoms with Crippen LogP contribution < -0.4 is 0 Å². The molecule has 0 aliphatic carbocycles. The first-order valence-corrected chi connectivity index (χ1v) is 0. The molecule has 0 radical (unpaired) electrons. The molecule has 0 saturated heterocycles. The molecular weight excluding hydrogens is 232 g/mol. The molecule has 38 valence electrons. The van der Waals surface area contributed by atoms with E-state index in [0.29, 0.717) is 0 Å². The summed E-state index contributed by atoms with van der Waals surface area (Å²) >= 11 is 0. The zero-order valence-electron chi connectivity index (χ0n) is 4.41. The summed E-state index contributed by atoms with van der Waals surface area (Å²) in [5.41, 5.74) is 0. The van der Waals surface area contributed by atoms with Crippen LogP contribution >= 0.6 is 0 Å². The fourth-order valence-corrected chi connectivity index (χ4v) is 0. The van der Waals surface area contributed by atoms with Gasteiger partial charge in [0.25, 0.3) is 0 Å². The van der Waals surface area contributed by atoms with Gasteiger partial charge in [0, 0.05) is 21.1 Å². The number of hydrogen-bond acceptors (Lipinski definition) is 0. The van der Waals surface area contributed by atoms with Crippen LogP contribution in [0.3, 0.4) is 0 Å². The van der Waals surface area contributed by atoms with Crippen molar-refractivity contribution in [2.45, 2.75) is 0 Å². The molecule has 1 heteroatoms. The fourth-order valence-electron chi connectivity index (χ4n) is 0. The van der Waals surface area contributed by atoms with Crippen LogP contribution in [0.4, 0.5) is 0 Å². The van der Waals surface area contributed by atoms with Crippen LogP contribution in [-0.4, -0.2) is 0 Å². The second-order valence-corrected chi connectivity index (χ2v) is 0. The summed E-state index contributed by atoms with van der Waals surface area (Å²) in [5, 5.41) is 0. The first-order valence-electron chi connectivity index (χ1n) is 0. The van der Waals surface area contributed by atoms with Gasteiger partial charge in [-0.05, 0) is 0 Å². The molecule has 0 atom stereocenters. The molecule has 0 aliphatic rings. The maximum absolute atomic E-state index is 0. The molecule has 0 aromatic heterocycles. The normalized spacial score (nSPS) is 0. The SMILES string of the molecule is [CH3-].[CH3-].[CH3-].[CH3-].[W]. The van der Waals surface area contributed by atoms with E-state index >= 15 is 0 Å². The van der Waals surface area contributed by atoms with Crippen LogP contribution in [0.2, 0.25) is 0 Å². The first kappa shape index (κ1) is 264. The van der Waals surface area contributed by atoms with Gasteiger partial charge in [-0.2, -0.15) is 0 Å². The smallest absolute Gasteiger partial charge is 0 e. The second kappa shape index (κ2) is 135. The van der Waals surface area contributed by atoms with E-state index in [1.807, 2.05) is 0 Å². The van der Waals surface area contributed by atoms with Gasteiger partial charge in [-0.15, -0.1) is 0 Å². The van der Waals surface area contributed by atoms with Crippen molar-refractivity contribution in [3.05, 3.63) is 29.7 Å². The zero-order valence-corrected chi connectivity index (χ0v) is 7.34. The molecule has 0 fully saturated rings. The molecule has 0 saturated carbocycles. The monoisotopic (exact) mass is 244 g/mol. The Morgan fingerprint density at radius 1 is 0.400 bits per heavy atom. The summed E-state index contributed by atoms with van der Waals surface area (Å²) in [6.07, 6.45) is 0. The zero-order chi connectivity index (χ0) is 0. The Morgan fingerprint density at radius 2 is 0.400 bits per heavy atom. The summed E-state index contributed by atoms with van der Waals surface area (Å²) in [6.45, 7) is 0. The van der Waals surface area contributed by atoms with Crippen LogP contribution in [0.5, 0.6) is 0 Å². The molecule has 0 nitrogen and oxygen atoms in total. The predicted molar refractivity (Wildman–Crippen MR) is 25.7 cm³/mol. The minimum atomic E-state index is 0. The Balaban J connectivity index is 0. The molecule has 0 amide bonds. The third-order valence-electron chi connectivity index (χ3n) is 0. The summed E-state index contributed by atoms with van der Waals surface area (Å²) in [7, 11) is 0. The van der Waals surface area contributed by atoms with Crippen molar-refractivity contribution in [3.63, 3.8) is 0 Å². The predicted octanol–water partition coefficient (Wildman–Crippen LogP) is 1.80. The van der Waals surface area contributed by atoms with Crippen molar-refractivity contribution < 1.29 is 21.1 Å². The Morgan fingerprint density at radius 3 is 0.400 bits per heavy atom. The molecule has 0 heterocycles. The summed E-state index contributed by atoms with van der Waals surface area (Å²) in [6, 6.07) is 0. The van der Waals surface area contributed by atoms with Gasteiger partial charge in [0.15, 0.2) is 0 Å². The third-order valence-corrected chi connectivity index (χ3v) is 0. The summed E-state index contributed by atoms with van der Waals surface area (Å²) in [4.78, 5) is 0. The van der Waals surface area contributed by atoms with E-state index in [-0.39, 0.29) is 50.8 Å². The van der Waals surface area contributed by atoms with E-state index in [4.69, 9.17) is 0 Å². The van der Waals surface area contributed by atoms with E-state index in [0.717, 1.165) is 0 Å². The van der Waals surface area contributed by atoms with Gasteiger partial charge < -0.3 is 29.7 Å². The average Bonchev–Trinajstić information content (AvgIpc) is 0. The molecule has 0 unspecified atom stereocenters. The molecular formula is C4H12W-4. The van der Waals surface area contributed by atoms with Gasteiger partial charge in [-0.3, -0.25) is 0 Å². The molecule has 0 rings (SSSR count). The molecule has 0 N–H and O–H groups in total.